The Morgan fingerprint density at radius 1 is 1.00 bits per heavy atom. The Morgan fingerprint density at radius 3 is 2.46 bits per heavy atom. The third kappa shape index (κ3) is 4.36. The Hall–Kier alpha value is -2.33. The van der Waals surface area contributed by atoms with Crippen LogP contribution < -0.4 is 10.2 Å². The molecule has 0 saturated carbocycles. The van der Waals surface area contributed by atoms with Crippen LogP contribution in [0.4, 0.5) is 5.69 Å². The van der Waals surface area contributed by atoms with Crippen LogP contribution in [0.5, 0.6) is 0 Å². The lowest BCUT2D eigenvalue weighted by molar-refractivity contribution is 0.0948. The van der Waals surface area contributed by atoms with Crippen LogP contribution in [0.3, 0.4) is 0 Å². The summed E-state index contributed by atoms with van der Waals surface area (Å²) in [6.45, 7) is 7.88. The minimum Gasteiger partial charge on any atom is -0.369 e. The van der Waals surface area contributed by atoms with E-state index in [-0.39, 0.29) is 5.91 Å². The van der Waals surface area contributed by atoms with E-state index < -0.39 is 0 Å². The number of hydrogen-bond donors (Lipinski definition) is 1. The van der Waals surface area contributed by atoms with E-state index in [1.54, 1.807) is 0 Å². The van der Waals surface area contributed by atoms with E-state index in [0.29, 0.717) is 6.54 Å². The molecule has 24 heavy (non-hydrogen) atoms. The fourth-order valence-corrected chi connectivity index (χ4v) is 3.07. The molecule has 1 fully saturated rings. The van der Waals surface area contributed by atoms with Crippen molar-refractivity contribution in [2.24, 2.45) is 0 Å². The first-order chi connectivity index (χ1) is 11.7. The van der Waals surface area contributed by atoms with E-state index >= 15 is 0 Å². The zero-order valence-electron chi connectivity index (χ0n) is 14.2. The summed E-state index contributed by atoms with van der Waals surface area (Å²) in [5.74, 6) is 0.00833. The van der Waals surface area contributed by atoms with Gasteiger partial charge in [0.1, 0.15) is 0 Å². The van der Waals surface area contributed by atoms with Gasteiger partial charge in [0.05, 0.1) is 0 Å². The Labute approximate surface area is 144 Å². The number of benzene rings is 2. The van der Waals surface area contributed by atoms with Crippen LogP contribution in [0, 0.1) is 6.92 Å². The lowest BCUT2D eigenvalue weighted by Crippen LogP contribution is -2.48. The van der Waals surface area contributed by atoms with Crippen LogP contribution in [0.15, 0.2) is 54.6 Å². The Morgan fingerprint density at radius 2 is 1.75 bits per heavy atom. The number of rotatable bonds is 5. The Balaban J connectivity index is 1.40. The highest BCUT2D eigenvalue weighted by atomic mass is 16.1. The summed E-state index contributed by atoms with van der Waals surface area (Å²) in [6, 6.07) is 18.1. The normalized spacial score (nSPS) is 15.3. The number of nitrogens with zero attached hydrogens (tertiary/aromatic N) is 2. The van der Waals surface area contributed by atoms with Gasteiger partial charge in [0.25, 0.3) is 5.91 Å². The second kappa shape index (κ2) is 7.97. The zero-order chi connectivity index (χ0) is 16.8. The maximum atomic E-state index is 12.0. The van der Waals surface area contributed by atoms with Crippen molar-refractivity contribution in [2.45, 2.75) is 6.92 Å². The molecule has 4 nitrogen and oxygen atoms in total. The lowest BCUT2D eigenvalue weighted by Gasteiger charge is -2.36. The van der Waals surface area contributed by atoms with Crippen molar-refractivity contribution in [3.63, 3.8) is 0 Å². The van der Waals surface area contributed by atoms with E-state index in [4.69, 9.17) is 0 Å². The Kier molecular flexibility index (Phi) is 5.49. The molecule has 0 bridgehead atoms. The van der Waals surface area contributed by atoms with Crippen LogP contribution in [-0.4, -0.2) is 50.1 Å². The molecule has 0 spiro atoms. The molecule has 0 radical (unpaired) electrons. The molecule has 0 aliphatic carbocycles. The number of aryl methyl sites for hydroxylation is 1. The summed E-state index contributed by atoms with van der Waals surface area (Å²) in [5, 5.41) is 3.00. The summed E-state index contributed by atoms with van der Waals surface area (Å²) in [6.07, 6.45) is 0. The number of amides is 1. The molecule has 1 saturated heterocycles. The van der Waals surface area contributed by atoms with Crippen molar-refractivity contribution in [3.05, 3.63) is 65.7 Å². The summed E-state index contributed by atoms with van der Waals surface area (Å²) >= 11 is 0. The van der Waals surface area contributed by atoms with Crippen molar-refractivity contribution in [3.8, 4) is 0 Å². The molecular formula is C20H25N3O. The molecule has 1 aliphatic rings. The number of carbonyl (C=O) groups excluding carboxylic acids is 1. The summed E-state index contributed by atoms with van der Waals surface area (Å²) < 4.78 is 0. The number of nitrogens with one attached hydrogen (secondary N) is 1. The van der Waals surface area contributed by atoms with Crippen molar-refractivity contribution in [1.29, 1.82) is 0 Å². The molecule has 2 aromatic rings. The van der Waals surface area contributed by atoms with Crippen LogP contribution in [0.25, 0.3) is 0 Å². The largest absolute Gasteiger partial charge is 0.369 e. The van der Waals surface area contributed by atoms with Gasteiger partial charge in [-0.2, -0.15) is 0 Å². The maximum absolute atomic E-state index is 12.0. The minimum atomic E-state index is 0.00833. The van der Waals surface area contributed by atoms with Crippen LogP contribution in [-0.2, 0) is 0 Å². The first-order valence-corrected chi connectivity index (χ1v) is 8.59. The molecule has 0 atom stereocenters. The molecule has 4 heteroatoms. The molecule has 1 amide bonds. The minimum absolute atomic E-state index is 0.00833. The smallest absolute Gasteiger partial charge is 0.251 e. The monoisotopic (exact) mass is 323 g/mol. The summed E-state index contributed by atoms with van der Waals surface area (Å²) in [7, 11) is 0. The molecule has 0 aromatic heterocycles. The predicted octanol–water partition coefficient (Wildman–Crippen LogP) is 2.55. The summed E-state index contributed by atoms with van der Waals surface area (Å²) in [5.41, 5.74) is 3.34. The average Bonchev–Trinajstić information content (AvgIpc) is 2.63. The van der Waals surface area contributed by atoms with E-state index in [9.17, 15) is 4.79 Å². The van der Waals surface area contributed by atoms with Crippen molar-refractivity contribution in [2.75, 3.05) is 44.2 Å². The third-order valence-electron chi connectivity index (χ3n) is 4.49. The Bertz CT molecular complexity index is 664. The highest BCUT2D eigenvalue weighted by Crippen LogP contribution is 2.17. The van der Waals surface area contributed by atoms with Crippen molar-refractivity contribution >= 4 is 11.6 Å². The second-order valence-electron chi connectivity index (χ2n) is 6.29. The first-order valence-electron chi connectivity index (χ1n) is 8.59. The third-order valence-corrected chi connectivity index (χ3v) is 4.49. The van der Waals surface area contributed by atoms with Gasteiger partial charge < -0.3 is 10.2 Å². The average molecular weight is 323 g/mol. The maximum Gasteiger partial charge on any atom is 0.251 e. The fraction of sp³-hybridized carbons (Fsp3) is 0.350. The summed E-state index contributed by atoms with van der Waals surface area (Å²) in [4.78, 5) is 16.9. The molecular weight excluding hydrogens is 298 g/mol. The molecule has 3 rings (SSSR count). The van der Waals surface area contributed by atoms with E-state index in [1.165, 1.54) is 11.3 Å². The van der Waals surface area contributed by atoms with Gasteiger partial charge in [-0.1, -0.05) is 30.3 Å². The number of hydrogen-bond acceptors (Lipinski definition) is 3. The number of piperazine rings is 1. The zero-order valence-corrected chi connectivity index (χ0v) is 14.2. The second-order valence-corrected chi connectivity index (χ2v) is 6.29. The highest BCUT2D eigenvalue weighted by Gasteiger charge is 2.17. The van der Waals surface area contributed by atoms with Gasteiger partial charge >= 0.3 is 0 Å². The van der Waals surface area contributed by atoms with Gasteiger partial charge in [-0.05, 0) is 36.8 Å². The van der Waals surface area contributed by atoms with Gasteiger partial charge in [-0.25, -0.2) is 0 Å². The first kappa shape index (κ1) is 16.5. The molecule has 2 aromatic carbocycles. The number of carbonyl (C=O) groups is 1. The van der Waals surface area contributed by atoms with E-state index in [0.717, 1.165) is 38.3 Å². The molecule has 1 N–H and O–H groups in total. The fourth-order valence-electron chi connectivity index (χ4n) is 3.07. The quantitative estimate of drug-likeness (QED) is 0.918. The topological polar surface area (TPSA) is 35.6 Å². The molecule has 126 valence electrons. The molecule has 0 unspecified atom stereocenters. The van der Waals surface area contributed by atoms with E-state index in [2.05, 4.69) is 46.3 Å². The van der Waals surface area contributed by atoms with Crippen LogP contribution in [0.2, 0.25) is 0 Å². The van der Waals surface area contributed by atoms with Gasteiger partial charge in [0, 0.05) is 50.5 Å². The lowest BCUT2D eigenvalue weighted by atomic mass is 10.2. The highest BCUT2D eigenvalue weighted by molar-refractivity contribution is 5.94. The van der Waals surface area contributed by atoms with Crippen molar-refractivity contribution < 1.29 is 4.79 Å². The van der Waals surface area contributed by atoms with Gasteiger partial charge in [-0.3, -0.25) is 9.69 Å². The van der Waals surface area contributed by atoms with Crippen LogP contribution >= 0.6 is 0 Å². The van der Waals surface area contributed by atoms with Crippen LogP contribution in [0.1, 0.15) is 15.9 Å². The predicted molar refractivity (Wildman–Crippen MR) is 98.6 cm³/mol. The number of anilines is 1. The SMILES string of the molecule is Cc1cccc(N2CCN(CCNC(=O)c3ccccc3)CC2)c1. The standard InChI is InChI=1S/C20H25N3O/c1-17-6-5-9-19(16-17)23-14-12-22(13-15-23)11-10-21-20(24)18-7-3-2-4-8-18/h2-9,16H,10-15H2,1H3,(H,21,24). The molecule has 1 aliphatic heterocycles. The van der Waals surface area contributed by atoms with Crippen molar-refractivity contribution in [1.82, 2.24) is 10.2 Å². The van der Waals surface area contributed by atoms with Gasteiger partial charge in [-0.15, -0.1) is 0 Å². The van der Waals surface area contributed by atoms with Gasteiger partial charge in [0.2, 0.25) is 0 Å². The van der Waals surface area contributed by atoms with E-state index in [1.807, 2.05) is 30.3 Å². The van der Waals surface area contributed by atoms with Gasteiger partial charge in [0.15, 0.2) is 0 Å². The molecule has 1 heterocycles.